The van der Waals surface area contributed by atoms with Gasteiger partial charge in [-0.1, -0.05) is 6.92 Å². The summed E-state index contributed by atoms with van der Waals surface area (Å²) >= 11 is 0. The van der Waals surface area contributed by atoms with Gasteiger partial charge in [0.05, 0.1) is 11.4 Å². The number of carbonyl (C=O) groups excluding carboxylic acids is 2. The van der Waals surface area contributed by atoms with Gasteiger partial charge in [-0.05, 0) is 89.0 Å². The Bertz CT molecular complexity index is 1130. The molecule has 2 amide bonds. The lowest BCUT2D eigenvalue weighted by Gasteiger charge is -2.37. The molecule has 14 heteroatoms. The number of rotatable bonds is 8. The minimum atomic E-state index is -4.88. The molecular formula is C26H37F4N3O6S. The number of benzene rings is 1. The van der Waals surface area contributed by atoms with E-state index in [0.717, 1.165) is 24.3 Å². The Morgan fingerprint density at radius 3 is 2.12 bits per heavy atom. The number of nitrogens with one attached hydrogen (secondary N) is 2. The number of ether oxygens (including phenoxy) is 2. The van der Waals surface area contributed by atoms with Crippen molar-refractivity contribution in [3.05, 3.63) is 24.3 Å². The summed E-state index contributed by atoms with van der Waals surface area (Å²) in [5.41, 5.74) is -0.778. The SMILES string of the molecule is C[C@@H](C1CCC(NS(=O)(=O)c2ccc(OC(F)(F)F)cc2)CC1)[C@H](NC(=O)OC(C)(C)C)C(=O)N1CC[C@H](F)C1. The van der Waals surface area contributed by atoms with Crippen LogP contribution >= 0.6 is 0 Å². The molecule has 0 bridgehead atoms. The van der Waals surface area contributed by atoms with Crippen molar-refractivity contribution in [1.82, 2.24) is 14.9 Å². The van der Waals surface area contributed by atoms with Crippen LogP contribution in [0, 0.1) is 11.8 Å². The second kappa shape index (κ2) is 12.5. The van der Waals surface area contributed by atoms with Crippen molar-refractivity contribution < 1.29 is 45.0 Å². The van der Waals surface area contributed by atoms with E-state index in [1.165, 1.54) is 4.90 Å². The normalized spacial score (nSPS) is 23.8. The Labute approximate surface area is 232 Å². The molecule has 1 aromatic rings. The third-order valence-corrected chi connectivity index (χ3v) is 8.65. The minimum absolute atomic E-state index is 0.0319. The average Bonchev–Trinajstić information content (AvgIpc) is 3.26. The molecule has 1 saturated carbocycles. The van der Waals surface area contributed by atoms with E-state index in [0.29, 0.717) is 25.7 Å². The van der Waals surface area contributed by atoms with Crippen LogP contribution in [-0.2, 0) is 19.6 Å². The van der Waals surface area contributed by atoms with Crippen LogP contribution in [0.1, 0.15) is 59.8 Å². The number of hydrogen-bond donors (Lipinski definition) is 2. The molecule has 2 aliphatic rings. The number of nitrogens with zero attached hydrogens (tertiary/aromatic N) is 1. The minimum Gasteiger partial charge on any atom is -0.444 e. The predicted molar refractivity (Wildman–Crippen MR) is 138 cm³/mol. The number of likely N-dealkylation sites (tertiary alicyclic amines) is 1. The van der Waals surface area contributed by atoms with Gasteiger partial charge in [0.2, 0.25) is 15.9 Å². The molecule has 0 aromatic heterocycles. The van der Waals surface area contributed by atoms with Crippen molar-refractivity contribution in [3.8, 4) is 5.75 Å². The van der Waals surface area contributed by atoms with E-state index in [1.807, 2.05) is 6.92 Å². The Hall–Kier alpha value is -2.61. The standard InChI is InChI=1S/C26H37F4N3O6S/c1-16(22(31-24(35)39-25(2,3)4)23(34)33-14-13-18(27)15-33)17-5-7-19(8-6-17)32-40(36,37)21-11-9-20(10-12-21)38-26(28,29)30/h9-12,16-19,22,32H,5-8,13-15H2,1-4H3,(H,31,35)/t16-,17?,18-,19?,22-/m0/s1. The van der Waals surface area contributed by atoms with Gasteiger partial charge >= 0.3 is 12.5 Å². The zero-order valence-electron chi connectivity index (χ0n) is 23.0. The van der Waals surface area contributed by atoms with Crippen LogP contribution < -0.4 is 14.8 Å². The summed E-state index contributed by atoms with van der Waals surface area (Å²) in [7, 11) is -3.99. The van der Waals surface area contributed by atoms with E-state index in [2.05, 4.69) is 14.8 Å². The molecule has 9 nitrogen and oxygen atoms in total. The van der Waals surface area contributed by atoms with Crippen LogP contribution in [0.2, 0.25) is 0 Å². The van der Waals surface area contributed by atoms with Gasteiger partial charge in [0, 0.05) is 12.6 Å². The molecule has 3 atom stereocenters. The fourth-order valence-electron chi connectivity index (χ4n) is 5.11. The average molecular weight is 596 g/mol. The molecule has 226 valence electrons. The van der Waals surface area contributed by atoms with Gasteiger partial charge in [-0.15, -0.1) is 13.2 Å². The van der Waals surface area contributed by atoms with Crippen LogP contribution in [0.5, 0.6) is 5.75 Å². The summed E-state index contributed by atoms with van der Waals surface area (Å²) < 4.78 is 88.3. The maximum Gasteiger partial charge on any atom is 0.573 e. The maximum absolute atomic E-state index is 13.8. The van der Waals surface area contributed by atoms with Gasteiger partial charge in [-0.3, -0.25) is 4.79 Å². The summed E-state index contributed by atoms with van der Waals surface area (Å²) in [5.74, 6) is -1.27. The molecule has 2 fully saturated rings. The second-order valence-corrected chi connectivity index (χ2v) is 13.1. The highest BCUT2D eigenvalue weighted by molar-refractivity contribution is 7.89. The number of halogens is 4. The van der Waals surface area contributed by atoms with Crippen LogP contribution in [0.15, 0.2) is 29.2 Å². The highest BCUT2D eigenvalue weighted by Gasteiger charge is 2.40. The van der Waals surface area contributed by atoms with E-state index in [-0.39, 0.29) is 42.1 Å². The summed E-state index contributed by atoms with van der Waals surface area (Å²) in [6.07, 6.45) is -4.50. The van der Waals surface area contributed by atoms with Gasteiger partial charge in [0.1, 0.15) is 23.6 Å². The summed E-state index contributed by atoms with van der Waals surface area (Å²) in [4.78, 5) is 27.1. The lowest BCUT2D eigenvalue weighted by atomic mass is 9.76. The van der Waals surface area contributed by atoms with Gasteiger partial charge in [0.25, 0.3) is 0 Å². The molecule has 0 spiro atoms. The van der Waals surface area contributed by atoms with E-state index in [9.17, 15) is 35.6 Å². The first-order valence-corrected chi connectivity index (χ1v) is 14.7. The number of sulfonamides is 1. The van der Waals surface area contributed by atoms with E-state index in [4.69, 9.17) is 4.74 Å². The van der Waals surface area contributed by atoms with Gasteiger partial charge in [0.15, 0.2) is 0 Å². The van der Waals surface area contributed by atoms with E-state index in [1.54, 1.807) is 20.8 Å². The molecule has 3 rings (SSSR count). The first kappa shape index (κ1) is 31.9. The lowest BCUT2D eigenvalue weighted by Crippen LogP contribution is -2.54. The fourth-order valence-corrected chi connectivity index (χ4v) is 6.42. The molecule has 40 heavy (non-hydrogen) atoms. The fraction of sp³-hybridized carbons (Fsp3) is 0.692. The third-order valence-electron chi connectivity index (χ3n) is 7.11. The van der Waals surface area contributed by atoms with Crippen molar-refractivity contribution in [2.75, 3.05) is 13.1 Å². The number of amides is 2. The van der Waals surface area contributed by atoms with Gasteiger partial charge < -0.3 is 19.7 Å². The molecule has 2 N–H and O–H groups in total. The van der Waals surface area contributed by atoms with Crippen molar-refractivity contribution in [2.45, 2.75) is 94.9 Å². The summed E-state index contributed by atoms with van der Waals surface area (Å²) in [5, 5.41) is 2.68. The van der Waals surface area contributed by atoms with Crippen molar-refractivity contribution >= 4 is 22.0 Å². The Balaban J connectivity index is 1.62. The number of alkyl carbamates (subject to hydrolysis) is 1. The smallest absolute Gasteiger partial charge is 0.444 e. The predicted octanol–water partition coefficient (Wildman–Crippen LogP) is 4.52. The van der Waals surface area contributed by atoms with Crippen LogP contribution in [0.4, 0.5) is 22.4 Å². The van der Waals surface area contributed by atoms with Crippen LogP contribution in [0.3, 0.4) is 0 Å². The summed E-state index contributed by atoms with van der Waals surface area (Å²) in [6, 6.07) is 2.59. The van der Waals surface area contributed by atoms with E-state index < -0.39 is 52.1 Å². The highest BCUT2D eigenvalue weighted by Crippen LogP contribution is 2.34. The molecule has 1 aromatic carbocycles. The second-order valence-electron chi connectivity index (χ2n) is 11.4. The van der Waals surface area contributed by atoms with Crippen molar-refractivity contribution in [3.63, 3.8) is 0 Å². The Morgan fingerprint density at radius 1 is 1.02 bits per heavy atom. The molecule has 1 aliphatic heterocycles. The number of hydrogen-bond acceptors (Lipinski definition) is 6. The monoisotopic (exact) mass is 595 g/mol. The van der Waals surface area contributed by atoms with E-state index >= 15 is 0 Å². The Morgan fingerprint density at radius 2 is 1.62 bits per heavy atom. The molecule has 0 unspecified atom stereocenters. The zero-order chi connectivity index (χ0) is 29.9. The number of alkyl halides is 4. The van der Waals surface area contributed by atoms with Crippen LogP contribution in [0.25, 0.3) is 0 Å². The third kappa shape index (κ3) is 9.22. The topological polar surface area (TPSA) is 114 Å². The molecule has 1 saturated heterocycles. The maximum atomic E-state index is 13.8. The zero-order valence-corrected chi connectivity index (χ0v) is 23.8. The quantitative estimate of drug-likeness (QED) is 0.428. The van der Waals surface area contributed by atoms with Crippen LogP contribution in [-0.4, -0.2) is 68.6 Å². The van der Waals surface area contributed by atoms with Crippen molar-refractivity contribution in [2.24, 2.45) is 11.8 Å². The van der Waals surface area contributed by atoms with Gasteiger partial charge in [-0.2, -0.15) is 0 Å². The largest absolute Gasteiger partial charge is 0.573 e. The Kier molecular flexibility index (Phi) is 9.97. The molecule has 0 radical (unpaired) electrons. The van der Waals surface area contributed by atoms with Crippen molar-refractivity contribution in [1.29, 1.82) is 0 Å². The summed E-state index contributed by atoms with van der Waals surface area (Å²) in [6.45, 7) is 7.17. The highest BCUT2D eigenvalue weighted by atomic mass is 32.2. The number of carbonyl (C=O) groups is 2. The van der Waals surface area contributed by atoms with Gasteiger partial charge in [-0.25, -0.2) is 22.3 Å². The first-order valence-electron chi connectivity index (χ1n) is 13.2. The molecule has 1 heterocycles. The molecular weight excluding hydrogens is 558 g/mol. The molecule has 1 aliphatic carbocycles. The lowest BCUT2D eigenvalue weighted by molar-refractivity contribution is -0.274. The first-order chi connectivity index (χ1) is 18.4.